The summed E-state index contributed by atoms with van der Waals surface area (Å²) in [5, 5.41) is 3.52. The molecule has 1 aromatic rings. The fourth-order valence-electron chi connectivity index (χ4n) is 3.40. The van der Waals surface area contributed by atoms with Gasteiger partial charge >= 0.3 is 0 Å². The average Bonchev–Trinajstić information content (AvgIpc) is 2.60. The van der Waals surface area contributed by atoms with E-state index in [0.717, 1.165) is 17.8 Å². The van der Waals surface area contributed by atoms with Crippen LogP contribution in [-0.4, -0.2) is 13.1 Å². The molecule has 17 heavy (non-hydrogen) atoms. The molecular weight excluding hydrogens is 206 g/mol. The number of benzene rings is 1. The average molecular weight is 229 g/mol. The molecule has 2 fully saturated rings. The van der Waals surface area contributed by atoms with Crippen LogP contribution in [-0.2, 0) is 5.41 Å². The van der Waals surface area contributed by atoms with Crippen LogP contribution in [0.5, 0.6) is 0 Å². The molecule has 0 radical (unpaired) electrons. The third-order valence-electron chi connectivity index (χ3n) is 4.67. The van der Waals surface area contributed by atoms with Crippen molar-refractivity contribution in [2.75, 3.05) is 13.1 Å². The molecule has 0 spiro atoms. The summed E-state index contributed by atoms with van der Waals surface area (Å²) < 4.78 is 0. The highest BCUT2D eigenvalue weighted by Crippen LogP contribution is 2.49. The van der Waals surface area contributed by atoms with E-state index in [1.807, 2.05) is 0 Å². The zero-order chi connectivity index (χ0) is 12.0. The third kappa shape index (κ3) is 1.91. The molecule has 1 nitrogen and oxygen atoms in total. The minimum atomic E-state index is 0.273. The van der Waals surface area contributed by atoms with Crippen molar-refractivity contribution in [2.24, 2.45) is 11.8 Å². The predicted molar refractivity (Wildman–Crippen MR) is 72.3 cm³/mol. The van der Waals surface area contributed by atoms with Gasteiger partial charge in [0.05, 0.1) is 0 Å². The standard InChI is InChI=1S/C16H23N/c1-16(2,3)13-6-4-11(5-7-13)14-8-12-9-17-10-15(12)14/h4-7,12,14-15,17H,8-10H2,1-3H3. The second-order valence-corrected chi connectivity index (χ2v) is 6.80. The Labute approximate surface area is 105 Å². The Bertz CT molecular complexity index is 399. The number of hydrogen-bond acceptors (Lipinski definition) is 1. The molecule has 3 rings (SSSR count). The lowest BCUT2D eigenvalue weighted by Crippen LogP contribution is -2.33. The highest BCUT2D eigenvalue weighted by molar-refractivity contribution is 5.31. The minimum Gasteiger partial charge on any atom is -0.316 e. The molecule has 1 heterocycles. The van der Waals surface area contributed by atoms with Gasteiger partial charge in [-0.3, -0.25) is 0 Å². The van der Waals surface area contributed by atoms with Gasteiger partial charge in [-0.1, -0.05) is 45.0 Å². The quantitative estimate of drug-likeness (QED) is 0.779. The Balaban J connectivity index is 1.77. The summed E-state index contributed by atoms with van der Waals surface area (Å²) in [5.41, 5.74) is 3.28. The summed E-state index contributed by atoms with van der Waals surface area (Å²) in [6, 6.07) is 9.37. The zero-order valence-corrected chi connectivity index (χ0v) is 11.2. The molecule has 1 aliphatic heterocycles. The first-order valence-corrected chi connectivity index (χ1v) is 6.87. The lowest BCUT2D eigenvalue weighted by Gasteiger charge is -2.40. The van der Waals surface area contributed by atoms with Crippen molar-refractivity contribution in [3.63, 3.8) is 0 Å². The van der Waals surface area contributed by atoms with E-state index in [1.54, 1.807) is 5.56 Å². The minimum absolute atomic E-state index is 0.273. The van der Waals surface area contributed by atoms with Gasteiger partial charge in [-0.2, -0.15) is 0 Å². The van der Waals surface area contributed by atoms with Crippen molar-refractivity contribution in [3.05, 3.63) is 35.4 Å². The summed E-state index contributed by atoms with van der Waals surface area (Å²) in [6.07, 6.45) is 1.40. The fourth-order valence-corrected chi connectivity index (χ4v) is 3.40. The van der Waals surface area contributed by atoms with Crippen LogP contribution >= 0.6 is 0 Å². The SMILES string of the molecule is CC(C)(C)c1ccc(C2CC3CNCC32)cc1. The van der Waals surface area contributed by atoms with Crippen molar-refractivity contribution < 1.29 is 0 Å². The van der Waals surface area contributed by atoms with E-state index in [4.69, 9.17) is 0 Å². The van der Waals surface area contributed by atoms with Crippen LogP contribution in [0.3, 0.4) is 0 Å². The van der Waals surface area contributed by atoms with Crippen molar-refractivity contribution in [3.8, 4) is 0 Å². The zero-order valence-electron chi connectivity index (χ0n) is 11.2. The van der Waals surface area contributed by atoms with Gasteiger partial charge < -0.3 is 5.32 Å². The van der Waals surface area contributed by atoms with Crippen LogP contribution < -0.4 is 5.32 Å². The van der Waals surface area contributed by atoms with E-state index in [1.165, 1.54) is 25.1 Å². The highest BCUT2D eigenvalue weighted by Gasteiger charge is 2.44. The number of nitrogens with one attached hydrogen (secondary N) is 1. The normalized spacial score (nSPS) is 32.1. The summed E-state index contributed by atoms with van der Waals surface area (Å²) in [7, 11) is 0. The van der Waals surface area contributed by atoms with Gasteiger partial charge in [-0.05, 0) is 53.8 Å². The maximum atomic E-state index is 3.52. The molecule has 2 aliphatic rings. The van der Waals surface area contributed by atoms with Gasteiger partial charge in [0.1, 0.15) is 0 Å². The van der Waals surface area contributed by atoms with Gasteiger partial charge in [0, 0.05) is 0 Å². The smallest absolute Gasteiger partial charge is 0.00114 e. The van der Waals surface area contributed by atoms with E-state index in [9.17, 15) is 0 Å². The topological polar surface area (TPSA) is 12.0 Å². The van der Waals surface area contributed by atoms with Crippen molar-refractivity contribution in [1.29, 1.82) is 0 Å². The number of hydrogen-bond donors (Lipinski definition) is 1. The van der Waals surface area contributed by atoms with E-state index < -0.39 is 0 Å². The molecule has 0 bridgehead atoms. The summed E-state index contributed by atoms with van der Waals surface area (Å²) in [6.45, 7) is 9.32. The summed E-state index contributed by atoms with van der Waals surface area (Å²) >= 11 is 0. The highest BCUT2D eigenvalue weighted by atomic mass is 14.9. The molecule has 1 aromatic carbocycles. The van der Waals surface area contributed by atoms with Crippen LogP contribution in [0.4, 0.5) is 0 Å². The second kappa shape index (κ2) is 3.84. The van der Waals surface area contributed by atoms with Crippen LogP contribution in [0, 0.1) is 11.8 Å². The molecule has 1 heteroatoms. The summed E-state index contributed by atoms with van der Waals surface area (Å²) in [5.74, 6) is 2.70. The van der Waals surface area contributed by atoms with Crippen molar-refractivity contribution >= 4 is 0 Å². The molecule has 3 atom stereocenters. The Kier molecular flexibility index (Phi) is 2.55. The van der Waals surface area contributed by atoms with Crippen molar-refractivity contribution in [1.82, 2.24) is 5.32 Å². The lowest BCUT2D eigenvalue weighted by atomic mass is 9.64. The van der Waals surface area contributed by atoms with Crippen molar-refractivity contribution in [2.45, 2.75) is 38.5 Å². The number of rotatable bonds is 1. The van der Waals surface area contributed by atoms with Crippen LogP contribution in [0.25, 0.3) is 0 Å². The molecule has 0 amide bonds. The molecular formula is C16H23N. The van der Waals surface area contributed by atoms with Crippen LogP contribution in [0.2, 0.25) is 0 Å². The molecule has 1 saturated carbocycles. The molecule has 1 N–H and O–H groups in total. The maximum Gasteiger partial charge on any atom is -0.00114 e. The number of fused-ring (bicyclic) bond motifs is 1. The molecule has 92 valence electrons. The first-order chi connectivity index (χ1) is 8.05. The second-order valence-electron chi connectivity index (χ2n) is 6.80. The van der Waals surface area contributed by atoms with Gasteiger partial charge in [-0.15, -0.1) is 0 Å². The Morgan fingerprint density at radius 2 is 1.76 bits per heavy atom. The third-order valence-corrected chi connectivity index (χ3v) is 4.67. The van der Waals surface area contributed by atoms with Gasteiger partial charge in [0.25, 0.3) is 0 Å². The fraction of sp³-hybridized carbons (Fsp3) is 0.625. The first-order valence-electron chi connectivity index (χ1n) is 6.87. The first kappa shape index (κ1) is 11.3. The molecule has 3 unspecified atom stereocenters. The molecule has 1 saturated heterocycles. The van der Waals surface area contributed by atoms with E-state index in [0.29, 0.717) is 0 Å². The Morgan fingerprint density at radius 3 is 2.35 bits per heavy atom. The van der Waals surface area contributed by atoms with Crippen LogP contribution in [0.1, 0.15) is 44.2 Å². The van der Waals surface area contributed by atoms with Gasteiger partial charge in [0.2, 0.25) is 0 Å². The van der Waals surface area contributed by atoms with Gasteiger partial charge in [0.15, 0.2) is 0 Å². The van der Waals surface area contributed by atoms with Gasteiger partial charge in [-0.25, -0.2) is 0 Å². The van der Waals surface area contributed by atoms with E-state index in [2.05, 4.69) is 50.4 Å². The predicted octanol–water partition coefficient (Wildman–Crippen LogP) is 3.31. The van der Waals surface area contributed by atoms with E-state index in [-0.39, 0.29) is 5.41 Å². The molecule has 1 aliphatic carbocycles. The summed E-state index contributed by atoms with van der Waals surface area (Å²) in [4.78, 5) is 0. The van der Waals surface area contributed by atoms with E-state index >= 15 is 0 Å². The largest absolute Gasteiger partial charge is 0.316 e. The molecule has 0 aromatic heterocycles. The monoisotopic (exact) mass is 229 g/mol. The lowest BCUT2D eigenvalue weighted by molar-refractivity contribution is 0.191. The van der Waals surface area contributed by atoms with Crippen LogP contribution in [0.15, 0.2) is 24.3 Å². The Hall–Kier alpha value is -0.820. The Morgan fingerprint density at radius 1 is 1.06 bits per heavy atom. The maximum absolute atomic E-state index is 3.52.